The van der Waals surface area contributed by atoms with Crippen molar-refractivity contribution in [1.82, 2.24) is 19.2 Å². The zero-order chi connectivity index (χ0) is 25.9. The largest absolute Gasteiger partial charge is 0.417 e. The van der Waals surface area contributed by atoms with Gasteiger partial charge in [-0.25, -0.2) is 22.6 Å². The summed E-state index contributed by atoms with van der Waals surface area (Å²) in [5, 5.41) is 13.4. The predicted octanol–water partition coefficient (Wildman–Crippen LogP) is 3.91. The summed E-state index contributed by atoms with van der Waals surface area (Å²) < 4.78 is 66.6. The average Bonchev–Trinajstić information content (AvgIpc) is 3.61. The summed E-state index contributed by atoms with van der Waals surface area (Å²) in [6.45, 7) is 1.43. The van der Waals surface area contributed by atoms with Gasteiger partial charge in [0.15, 0.2) is 21.3 Å². The normalized spacial score (nSPS) is 15.1. The number of nitrogens with zero attached hydrogens (tertiary/aromatic N) is 5. The fourth-order valence-corrected chi connectivity index (χ4v) is 5.03. The summed E-state index contributed by atoms with van der Waals surface area (Å²) >= 11 is 0. The number of rotatable bonds is 5. The second kappa shape index (κ2) is 8.03. The summed E-state index contributed by atoms with van der Waals surface area (Å²) in [4.78, 5) is 16.9. The standard InChI is InChI=1S/C24H18F3N5O3S/c1-2-36(34,35)19-11-16(15-3-5-17(6-4-15)23(14-28)9-10-23)12-29-21(19)32-22(33)31-13-18(24(25,26)27)7-8-20(31)30-32/h3-8,11-13H,2,9-10H2,1H3. The Kier molecular flexibility index (Phi) is 5.29. The average molecular weight is 514 g/mol. The van der Waals surface area contributed by atoms with E-state index in [0.717, 1.165) is 30.5 Å². The van der Waals surface area contributed by atoms with Crippen LogP contribution in [0.4, 0.5) is 13.2 Å². The number of hydrogen-bond donors (Lipinski definition) is 0. The SMILES string of the molecule is CCS(=O)(=O)c1cc(-c2ccc(C3(C#N)CC3)cc2)cnc1-n1nc2ccc(C(F)(F)F)cn2c1=O. The molecule has 36 heavy (non-hydrogen) atoms. The molecule has 1 aliphatic rings. The van der Waals surface area contributed by atoms with E-state index in [4.69, 9.17) is 0 Å². The second-order valence-electron chi connectivity index (χ2n) is 8.56. The van der Waals surface area contributed by atoms with Crippen molar-refractivity contribution >= 4 is 15.5 Å². The van der Waals surface area contributed by atoms with Crippen molar-refractivity contribution in [3.8, 4) is 23.0 Å². The summed E-state index contributed by atoms with van der Waals surface area (Å²) in [5.41, 5.74) is -0.608. The Bertz CT molecular complexity index is 1710. The van der Waals surface area contributed by atoms with Gasteiger partial charge in [0.25, 0.3) is 0 Å². The van der Waals surface area contributed by atoms with Crippen molar-refractivity contribution < 1.29 is 21.6 Å². The lowest BCUT2D eigenvalue weighted by atomic mass is 9.95. The molecule has 1 aliphatic carbocycles. The molecule has 0 radical (unpaired) electrons. The summed E-state index contributed by atoms with van der Waals surface area (Å²) in [7, 11) is -3.91. The van der Waals surface area contributed by atoms with E-state index in [1.165, 1.54) is 19.2 Å². The Morgan fingerprint density at radius 1 is 1.11 bits per heavy atom. The minimum atomic E-state index is -4.67. The van der Waals surface area contributed by atoms with Gasteiger partial charge >= 0.3 is 11.9 Å². The smallest absolute Gasteiger partial charge is 0.249 e. The van der Waals surface area contributed by atoms with Crippen LogP contribution in [-0.2, 0) is 21.4 Å². The van der Waals surface area contributed by atoms with E-state index in [9.17, 15) is 31.6 Å². The maximum Gasteiger partial charge on any atom is 0.417 e. The lowest BCUT2D eigenvalue weighted by molar-refractivity contribution is -0.137. The van der Waals surface area contributed by atoms with Crippen LogP contribution in [0.25, 0.3) is 22.6 Å². The Labute approximate surface area is 203 Å². The molecule has 0 aliphatic heterocycles. The molecule has 3 aromatic heterocycles. The molecule has 5 rings (SSSR count). The van der Waals surface area contributed by atoms with Crippen LogP contribution in [0.1, 0.15) is 30.9 Å². The van der Waals surface area contributed by atoms with Gasteiger partial charge in [0.2, 0.25) is 0 Å². The molecule has 1 aromatic carbocycles. The van der Waals surface area contributed by atoms with E-state index in [1.54, 1.807) is 12.1 Å². The Morgan fingerprint density at radius 2 is 1.81 bits per heavy atom. The Balaban J connectivity index is 1.64. The van der Waals surface area contributed by atoms with Crippen molar-refractivity contribution in [3.05, 3.63) is 76.5 Å². The first-order valence-electron chi connectivity index (χ1n) is 10.9. The predicted molar refractivity (Wildman–Crippen MR) is 123 cm³/mol. The van der Waals surface area contributed by atoms with Crippen molar-refractivity contribution in [2.75, 3.05) is 5.75 Å². The number of aromatic nitrogens is 4. The number of pyridine rings is 2. The molecule has 0 unspecified atom stereocenters. The number of hydrogen-bond acceptors (Lipinski definition) is 6. The molecule has 0 saturated heterocycles. The third kappa shape index (κ3) is 3.85. The molecule has 12 heteroatoms. The topological polar surface area (TPSA) is 110 Å². The van der Waals surface area contributed by atoms with Crippen LogP contribution in [0.2, 0.25) is 0 Å². The van der Waals surface area contributed by atoms with E-state index in [0.29, 0.717) is 26.4 Å². The molecule has 1 saturated carbocycles. The van der Waals surface area contributed by atoms with Crippen molar-refractivity contribution in [3.63, 3.8) is 0 Å². The first-order chi connectivity index (χ1) is 17.0. The van der Waals surface area contributed by atoms with E-state index in [-0.39, 0.29) is 22.1 Å². The van der Waals surface area contributed by atoms with Crippen LogP contribution < -0.4 is 5.69 Å². The lowest BCUT2D eigenvalue weighted by Crippen LogP contribution is -2.23. The molecule has 1 fully saturated rings. The maximum atomic E-state index is 13.1. The van der Waals surface area contributed by atoms with Gasteiger partial charge in [-0.2, -0.15) is 23.1 Å². The highest BCUT2D eigenvalue weighted by molar-refractivity contribution is 7.91. The highest BCUT2D eigenvalue weighted by atomic mass is 32.2. The van der Waals surface area contributed by atoms with Gasteiger partial charge in [-0.1, -0.05) is 31.2 Å². The molecule has 184 valence electrons. The molecule has 4 aromatic rings. The second-order valence-corrected chi connectivity index (χ2v) is 10.8. The van der Waals surface area contributed by atoms with Crippen LogP contribution in [0, 0.1) is 11.3 Å². The lowest BCUT2D eigenvalue weighted by Gasteiger charge is -2.11. The van der Waals surface area contributed by atoms with Gasteiger partial charge in [-0.05, 0) is 42.2 Å². The minimum absolute atomic E-state index is 0.0965. The van der Waals surface area contributed by atoms with Crippen LogP contribution >= 0.6 is 0 Å². The van der Waals surface area contributed by atoms with Gasteiger partial charge in [0.1, 0.15) is 4.90 Å². The molecule has 0 amide bonds. The summed E-state index contributed by atoms with van der Waals surface area (Å²) in [6, 6.07) is 12.7. The van der Waals surface area contributed by atoms with Crippen molar-refractivity contribution in [2.45, 2.75) is 36.3 Å². The van der Waals surface area contributed by atoms with Crippen molar-refractivity contribution in [1.29, 1.82) is 5.26 Å². The third-order valence-electron chi connectivity index (χ3n) is 6.33. The van der Waals surface area contributed by atoms with E-state index >= 15 is 0 Å². The Hall–Kier alpha value is -3.98. The van der Waals surface area contributed by atoms with E-state index < -0.39 is 32.7 Å². The summed E-state index contributed by atoms with van der Waals surface area (Å²) in [5.74, 6) is -0.601. The first-order valence-corrected chi connectivity index (χ1v) is 12.6. The summed E-state index contributed by atoms with van der Waals surface area (Å²) in [6.07, 6.45) is -1.12. The number of halogens is 3. The van der Waals surface area contributed by atoms with Crippen LogP contribution in [0.3, 0.4) is 0 Å². The number of fused-ring (bicyclic) bond motifs is 1. The molecule has 0 bridgehead atoms. The molecule has 0 atom stereocenters. The molecule has 3 heterocycles. The van der Waals surface area contributed by atoms with Crippen LogP contribution in [0.15, 0.2) is 64.5 Å². The van der Waals surface area contributed by atoms with E-state index in [1.807, 2.05) is 12.1 Å². The van der Waals surface area contributed by atoms with Crippen LogP contribution in [-0.4, -0.2) is 33.3 Å². The maximum absolute atomic E-state index is 13.1. The quantitative estimate of drug-likeness (QED) is 0.400. The monoisotopic (exact) mass is 513 g/mol. The number of nitriles is 1. The molecule has 8 nitrogen and oxygen atoms in total. The fourth-order valence-electron chi connectivity index (χ4n) is 3.99. The molecular formula is C24H18F3N5O3S. The van der Waals surface area contributed by atoms with Gasteiger partial charge in [0, 0.05) is 18.0 Å². The van der Waals surface area contributed by atoms with Gasteiger partial charge < -0.3 is 0 Å². The highest BCUT2D eigenvalue weighted by Gasteiger charge is 2.44. The van der Waals surface area contributed by atoms with Crippen molar-refractivity contribution in [2.24, 2.45) is 0 Å². The molecule has 0 spiro atoms. The van der Waals surface area contributed by atoms with E-state index in [2.05, 4.69) is 16.2 Å². The highest BCUT2D eigenvalue weighted by Crippen LogP contribution is 2.47. The number of sulfone groups is 1. The van der Waals surface area contributed by atoms with Gasteiger partial charge in [-0.15, -0.1) is 5.10 Å². The zero-order valence-electron chi connectivity index (χ0n) is 18.8. The third-order valence-corrected chi connectivity index (χ3v) is 8.06. The Morgan fingerprint density at radius 3 is 2.39 bits per heavy atom. The fraction of sp³-hybridized carbons (Fsp3) is 0.250. The zero-order valence-corrected chi connectivity index (χ0v) is 19.6. The van der Waals surface area contributed by atoms with Gasteiger partial charge in [0.05, 0.1) is 22.8 Å². The van der Waals surface area contributed by atoms with Crippen LogP contribution in [0.5, 0.6) is 0 Å². The minimum Gasteiger partial charge on any atom is -0.249 e. The number of benzene rings is 1. The number of alkyl halides is 3. The first kappa shape index (κ1) is 23.7. The molecular weight excluding hydrogens is 495 g/mol. The van der Waals surface area contributed by atoms with Gasteiger partial charge in [-0.3, -0.25) is 0 Å². The molecule has 0 N–H and O–H groups in total.